The Morgan fingerprint density at radius 1 is 0.875 bits per heavy atom. The summed E-state index contributed by atoms with van der Waals surface area (Å²) in [6, 6.07) is 15.6. The van der Waals surface area contributed by atoms with Crippen molar-refractivity contribution in [3.8, 4) is 0 Å². The Balaban J connectivity index is 2.05. The summed E-state index contributed by atoms with van der Waals surface area (Å²) in [6.07, 6.45) is 0. The standard InChI is InChI=1S/C13H11Cl2N/c14-11-6-12(15)8-13(7-11)16-9-10-4-2-1-3-5-10/h1-8,16H,9H2. The van der Waals surface area contributed by atoms with Gasteiger partial charge in [-0.1, -0.05) is 53.5 Å². The normalized spacial score (nSPS) is 10.1. The second-order valence-electron chi connectivity index (χ2n) is 3.50. The minimum absolute atomic E-state index is 0.642. The number of hydrogen-bond donors (Lipinski definition) is 1. The molecule has 1 N–H and O–H groups in total. The fourth-order valence-corrected chi connectivity index (χ4v) is 1.98. The van der Waals surface area contributed by atoms with Crippen molar-refractivity contribution in [3.05, 3.63) is 64.1 Å². The highest BCUT2D eigenvalue weighted by Crippen LogP contribution is 2.22. The predicted octanol–water partition coefficient (Wildman–Crippen LogP) is 4.61. The Morgan fingerprint density at radius 3 is 2.12 bits per heavy atom. The van der Waals surface area contributed by atoms with Gasteiger partial charge in [0.05, 0.1) is 0 Å². The first kappa shape index (κ1) is 11.3. The first-order valence-electron chi connectivity index (χ1n) is 4.98. The van der Waals surface area contributed by atoms with Crippen LogP contribution in [-0.2, 0) is 6.54 Å². The van der Waals surface area contributed by atoms with Crippen molar-refractivity contribution in [1.82, 2.24) is 0 Å². The zero-order valence-electron chi connectivity index (χ0n) is 8.58. The molecule has 0 saturated heterocycles. The molecule has 2 aromatic rings. The Kier molecular flexibility index (Phi) is 3.70. The van der Waals surface area contributed by atoms with E-state index in [1.165, 1.54) is 5.56 Å². The average Bonchev–Trinajstić information content (AvgIpc) is 2.27. The molecule has 0 radical (unpaired) electrons. The van der Waals surface area contributed by atoms with Crippen LogP contribution in [0.4, 0.5) is 5.69 Å². The third-order valence-electron chi connectivity index (χ3n) is 2.20. The van der Waals surface area contributed by atoms with Crippen molar-refractivity contribution < 1.29 is 0 Å². The van der Waals surface area contributed by atoms with Gasteiger partial charge in [0.15, 0.2) is 0 Å². The SMILES string of the molecule is Clc1cc(Cl)cc(NCc2ccccc2)c1. The van der Waals surface area contributed by atoms with Crippen LogP contribution >= 0.6 is 23.2 Å². The molecule has 0 aliphatic rings. The molecule has 0 saturated carbocycles. The number of nitrogens with one attached hydrogen (secondary N) is 1. The number of anilines is 1. The van der Waals surface area contributed by atoms with Crippen LogP contribution in [0.1, 0.15) is 5.56 Å². The van der Waals surface area contributed by atoms with Gasteiger partial charge in [0, 0.05) is 22.3 Å². The molecule has 1 nitrogen and oxygen atoms in total. The van der Waals surface area contributed by atoms with Gasteiger partial charge in [-0.05, 0) is 23.8 Å². The van der Waals surface area contributed by atoms with Crippen LogP contribution in [0, 0.1) is 0 Å². The second kappa shape index (κ2) is 5.24. The average molecular weight is 252 g/mol. The molecule has 0 aliphatic carbocycles. The van der Waals surface area contributed by atoms with Crippen LogP contribution in [0.5, 0.6) is 0 Å². The van der Waals surface area contributed by atoms with Gasteiger partial charge in [0.1, 0.15) is 0 Å². The lowest BCUT2D eigenvalue weighted by Gasteiger charge is -2.07. The molecule has 2 aromatic carbocycles. The van der Waals surface area contributed by atoms with Crippen molar-refractivity contribution in [2.45, 2.75) is 6.54 Å². The van der Waals surface area contributed by atoms with Crippen LogP contribution in [0.2, 0.25) is 10.0 Å². The van der Waals surface area contributed by atoms with E-state index >= 15 is 0 Å². The van der Waals surface area contributed by atoms with E-state index in [-0.39, 0.29) is 0 Å². The molecule has 0 heterocycles. The van der Waals surface area contributed by atoms with Gasteiger partial charge in [-0.15, -0.1) is 0 Å². The summed E-state index contributed by atoms with van der Waals surface area (Å²) in [4.78, 5) is 0. The minimum atomic E-state index is 0.642. The molecular weight excluding hydrogens is 241 g/mol. The van der Waals surface area contributed by atoms with E-state index in [2.05, 4.69) is 17.4 Å². The fourth-order valence-electron chi connectivity index (χ4n) is 1.46. The van der Waals surface area contributed by atoms with E-state index in [9.17, 15) is 0 Å². The Morgan fingerprint density at radius 2 is 1.50 bits per heavy atom. The largest absolute Gasteiger partial charge is 0.381 e. The summed E-state index contributed by atoms with van der Waals surface area (Å²) < 4.78 is 0. The van der Waals surface area contributed by atoms with Gasteiger partial charge < -0.3 is 5.32 Å². The van der Waals surface area contributed by atoms with Gasteiger partial charge >= 0.3 is 0 Å². The molecule has 0 fully saturated rings. The van der Waals surface area contributed by atoms with E-state index in [4.69, 9.17) is 23.2 Å². The van der Waals surface area contributed by atoms with Gasteiger partial charge in [-0.2, -0.15) is 0 Å². The fraction of sp³-hybridized carbons (Fsp3) is 0.0769. The van der Waals surface area contributed by atoms with Crippen LogP contribution in [0.3, 0.4) is 0 Å². The Hall–Kier alpha value is -1.18. The highest BCUT2D eigenvalue weighted by molar-refractivity contribution is 6.35. The molecule has 2 rings (SSSR count). The molecule has 0 amide bonds. The lowest BCUT2D eigenvalue weighted by atomic mass is 10.2. The minimum Gasteiger partial charge on any atom is -0.381 e. The van der Waals surface area contributed by atoms with Crippen molar-refractivity contribution in [3.63, 3.8) is 0 Å². The summed E-state index contributed by atoms with van der Waals surface area (Å²) >= 11 is 11.8. The van der Waals surface area contributed by atoms with Gasteiger partial charge in [0.25, 0.3) is 0 Å². The highest BCUT2D eigenvalue weighted by atomic mass is 35.5. The van der Waals surface area contributed by atoms with Crippen LogP contribution in [-0.4, -0.2) is 0 Å². The summed E-state index contributed by atoms with van der Waals surface area (Å²) in [5, 5.41) is 4.56. The van der Waals surface area contributed by atoms with E-state index in [0.29, 0.717) is 10.0 Å². The maximum absolute atomic E-state index is 5.91. The van der Waals surface area contributed by atoms with Crippen LogP contribution in [0.25, 0.3) is 0 Å². The molecule has 0 spiro atoms. The lowest BCUT2D eigenvalue weighted by Crippen LogP contribution is -1.98. The molecule has 0 aliphatic heterocycles. The maximum atomic E-state index is 5.91. The molecule has 0 bridgehead atoms. The first-order chi connectivity index (χ1) is 7.74. The van der Waals surface area contributed by atoms with Crippen LogP contribution in [0.15, 0.2) is 48.5 Å². The second-order valence-corrected chi connectivity index (χ2v) is 4.37. The molecule has 0 unspecified atom stereocenters. The van der Waals surface area contributed by atoms with Crippen molar-refractivity contribution in [2.24, 2.45) is 0 Å². The predicted molar refractivity (Wildman–Crippen MR) is 70.2 cm³/mol. The topological polar surface area (TPSA) is 12.0 Å². The number of halogens is 2. The Labute approximate surface area is 105 Å². The number of hydrogen-bond acceptors (Lipinski definition) is 1. The first-order valence-corrected chi connectivity index (χ1v) is 5.73. The smallest absolute Gasteiger partial charge is 0.0441 e. The van der Waals surface area contributed by atoms with Crippen molar-refractivity contribution in [1.29, 1.82) is 0 Å². The summed E-state index contributed by atoms with van der Waals surface area (Å²) in [5.74, 6) is 0. The van der Waals surface area contributed by atoms with Gasteiger partial charge in [-0.3, -0.25) is 0 Å². The van der Waals surface area contributed by atoms with Gasteiger partial charge in [-0.25, -0.2) is 0 Å². The summed E-state index contributed by atoms with van der Waals surface area (Å²) in [6.45, 7) is 0.761. The van der Waals surface area contributed by atoms with Gasteiger partial charge in [0.2, 0.25) is 0 Å². The zero-order valence-corrected chi connectivity index (χ0v) is 10.1. The molecule has 16 heavy (non-hydrogen) atoms. The van der Waals surface area contributed by atoms with Crippen molar-refractivity contribution in [2.75, 3.05) is 5.32 Å². The van der Waals surface area contributed by atoms with E-state index < -0.39 is 0 Å². The summed E-state index contributed by atoms with van der Waals surface area (Å²) in [7, 11) is 0. The quantitative estimate of drug-likeness (QED) is 0.841. The number of rotatable bonds is 3. The zero-order chi connectivity index (χ0) is 11.4. The molecule has 0 aromatic heterocycles. The third-order valence-corrected chi connectivity index (χ3v) is 2.64. The van der Waals surface area contributed by atoms with Crippen LogP contribution < -0.4 is 5.32 Å². The molecule has 3 heteroatoms. The van der Waals surface area contributed by atoms with E-state index in [1.54, 1.807) is 6.07 Å². The summed E-state index contributed by atoms with van der Waals surface area (Å²) in [5.41, 5.74) is 2.15. The Bertz CT molecular complexity index is 448. The number of benzene rings is 2. The van der Waals surface area contributed by atoms with E-state index in [1.807, 2.05) is 30.3 Å². The third kappa shape index (κ3) is 3.16. The monoisotopic (exact) mass is 251 g/mol. The molecular formula is C13H11Cl2N. The maximum Gasteiger partial charge on any atom is 0.0441 e. The molecule has 82 valence electrons. The highest BCUT2D eigenvalue weighted by Gasteiger charge is 1.97. The van der Waals surface area contributed by atoms with Crippen molar-refractivity contribution >= 4 is 28.9 Å². The molecule has 0 atom stereocenters. The lowest BCUT2D eigenvalue weighted by molar-refractivity contribution is 1.15. The van der Waals surface area contributed by atoms with E-state index in [0.717, 1.165) is 12.2 Å².